The molecule has 24 heavy (non-hydrogen) atoms. The molecule has 4 heteroatoms. The normalized spacial score (nSPS) is 13.2. The molecule has 1 N–H and O–H groups in total. The van der Waals surface area contributed by atoms with Crippen molar-refractivity contribution in [3.63, 3.8) is 0 Å². The summed E-state index contributed by atoms with van der Waals surface area (Å²) in [5.41, 5.74) is 4.77. The van der Waals surface area contributed by atoms with Crippen LogP contribution in [0.15, 0.2) is 36.4 Å². The Hall–Kier alpha value is -2.00. The van der Waals surface area contributed by atoms with Gasteiger partial charge in [0.2, 0.25) is 0 Å². The van der Waals surface area contributed by atoms with Gasteiger partial charge in [0.1, 0.15) is 5.75 Å². The van der Waals surface area contributed by atoms with E-state index in [0.717, 1.165) is 5.56 Å². The topological polar surface area (TPSA) is 38.3 Å². The molecule has 2 aromatic carbocycles. The predicted molar refractivity (Wildman–Crippen MR) is 98.8 cm³/mol. The summed E-state index contributed by atoms with van der Waals surface area (Å²) in [5, 5.41) is 3.51. The van der Waals surface area contributed by atoms with Crippen molar-refractivity contribution in [2.24, 2.45) is 0 Å². The van der Waals surface area contributed by atoms with Gasteiger partial charge in [-0.1, -0.05) is 35.9 Å². The predicted octanol–water partition coefficient (Wildman–Crippen LogP) is 4.91. The second-order valence-electron chi connectivity index (χ2n) is 6.21. The summed E-state index contributed by atoms with van der Waals surface area (Å²) >= 11 is 6.07. The highest BCUT2D eigenvalue weighted by molar-refractivity contribution is 6.32. The molecule has 2 atom stereocenters. The van der Waals surface area contributed by atoms with Crippen LogP contribution in [-0.2, 0) is 4.79 Å². The number of aryl methyl sites for hydroxylation is 3. The molecule has 2 aromatic rings. The minimum Gasteiger partial charge on any atom is -0.479 e. The molecule has 0 aliphatic rings. The smallest absolute Gasteiger partial charge is 0.261 e. The van der Waals surface area contributed by atoms with E-state index in [0.29, 0.717) is 10.8 Å². The first-order chi connectivity index (χ1) is 11.3. The SMILES string of the molecule is Cc1cc(C)c([C@H](C)NC(=O)[C@H](C)Oc2ccccc2Cl)cc1C. The van der Waals surface area contributed by atoms with Crippen molar-refractivity contribution in [2.45, 2.75) is 46.8 Å². The van der Waals surface area contributed by atoms with Crippen molar-refractivity contribution in [3.05, 3.63) is 63.7 Å². The summed E-state index contributed by atoms with van der Waals surface area (Å²) in [5.74, 6) is 0.344. The Labute approximate surface area is 149 Å². The lowest BCUT2D eigenvalue weighted by Crippen LogP contribution is -2.38. The van der Waals surface area contributed by atoms with Crippen LogP contribution in [0.4, 0.5) is 0 Å². The summed E-state index contributed by atoms with van der Waals surface area (Å²) in [7, 11) is 0. The number of hydrogen-bond donors (Lipinski definition) is 1. The van der Waals surface area contributed by atoms with E-state index in [1.165, 1.54) is 16.7 Å². The molecule has 0 aliphatic heterocycles. The lowest BCUT2D eigenvalue weighted by molar-refractivity contribution is -0.127. The van der Waals surface area contributed by atoms with Crippen LogP contribution in [0.3, 0.4) is 0 Å². The van der Waals surface area contributed by atoms with Gasteiger partial charge in [-0.25, -0.2) is 0 Å². The average Bonchev–Trinajstić information content (AvgIpc) is 2.52. The summed E-state index contributed by atoms with van der Waals surface area (Å²) < 4.78 is 5.67. The number of ether oxygens (including phenoxy) is 1. The van der Waals surface area contributed by atoms with E-state index >= 15 is 0 Å². The number of carbonyl (C=O) groups is 1. The summed E-state index contributed by atoms with van der Waals surface area (Å²) in [4.78, 5) is 12.4. The Morgan fingerprint density at radius 1 is 1.04 bits per heavy atom. The van der Waals surface area contributed by atoms with Crippen molar-refractivity contribution < 1.29 is 9.53 Å². The van der Waals surface area contributed by atoms with Crippen LogP contribution in [0.5, 0.6) is 5.75 Å². The van der Waals surface area contributed by atoms with Gasteiger partial charge < -0.3 is 10.1 Å². The average molecular weight is 346 g/mol. The number of nitrogens with one attached hydrogen (secondary N) is 1. The van der Waals surface area contributed by atoms with E-state index in [1.807, 2.05) is 19.1 Å². The molecule has 0 saturated heterocycles. The van der Waals surface area contributed by atoms with Crippen LogP contribution < -0.4 is 10.1 Å². The van der Waals surface area contributed by atoms with Crippen molar-refractivity contribution in [2.75, 3.05) is 0 Å². The molecule has 0 heterocycles. The Bertz CT molecular complexity index is 742. The molecule has 1 amide bonds. The van der Waals surface area contributed by atoms with Crippen LogP contribution in [0, 0.1) is 20.8 Å². The van der Waals surface area contributed by atoms with Gasteiger partial charge in [-0.15, -0.1) is 0 Å². The minimum absolute atomic E-state index is 0.0888. The highest BCUT2D eigenvalue weighted by atomic mass is 35.5. The van der Waals surface area contributed by atoms with E-state index in [4.69, 9.17) is 16.3 Å². The zero-order valence-corrected chi connectivity index (χ0v) is 15.6. The molecule has 0 unspecified atom stereocenters. The number of benzene rings is 2. The number of para-hydroxylation sites is 1. The largest absolute Gasteiger partial charge is 0.479 e. The molecule has 3 nitrogen and oxygen atoms in total. The Morgan fingerprint density at radius 3 is 2.33 bits per heavy atom. The molecular formula is C20H24ClNO2. The molecule has 0 aliphatic carbocycles. The Kier molecular flexibility index (Phi) is 5.89. The molecule has 0 spiro atoms. The Balaban J connectivity index is 2.06. The maximum atomic E-state index is 12.4. The van der Waals surface area contributed by atoms with Crippen LogP contribution in [-0.4, -0.2) is 12.0 Å². The van der Waals surface area contributed by atoms with Crippen molar-refractivity contribution in [3.8, 4) is 5.75 Å². The van der Waals surface area contributed by atoms with E-state index in [-0.39, 0.29) is 11.9 Å². The van der Waals surface area contributed by atoms with Gasteiger partial charge in [0.05, 0.1) is 11.1 Å². The summed E-state index contributed by atoms with van der Waals surface area (Å²) in [6, 6.07) is 11.3. The second-order valence-corrected chi connectivity index (χ2v) is 6.62. The highest BCUT2D eigenvalue weighted by Crippen LogP contribution is 2.25. The fourth-order valence-electron chi connectivity index (χ4n) is 2.64. The van der Waals surface area contributed by atoms with E-state index in [9.17, 15) is 4.79 Å². The zero-order chi connectivity index (χ0) is 17.9. The third-order valence-electron chi connectivity index (χ3n) is 4.22. The number of rotatable bonds is 5. The molecule has 0 saturated carbocycles. The van der Waals surface area contributed by atoms with Gasteiger partial charge in [0.15, 0.2) is 6.10 Å². The van der Waals surface area contributed by atoms with Gasteiger partial charge >= 0.3 is 0 Å². The molecule has 128 valence electrons. The third-order valence-corrected chi connectivity index (χ3v) is 4.53. The molecule has 0 radical (unpaired) electrons. The lowest BCUT2D eigenvalue weighted by atomic mass is 9.96. The van der Waals surface area contributed by atoms with Crippen molar-refractivity contribution in [1.29, 1.82) is 0 Å². The third kappa shape index (κ3) is 4.30. The van der Waals surface area contributed by atoms with Crippen LogP contribution in [0.25, 0.3) is 0 Å². The molecule has 2 rings (SSSR count). The quantitative estimate of drug-likeness (QED) is 0.836. The van der Waals surface area contributed by atoms with E-state index < -0.39 is 6.10 Å². The first-order valence-electron chi connectivity index (χ1n) is 8.09. The van der Waals surface area contributed by atoms with Crippen LogP contribution in [0.2, 0.25) is 5.02 Å². The second kappa shape index (κ2) is 7.71. The molecule has 0 aromatic heterocycles. The number of carbonyl (C=O) groups excluding carboxylic acids is 1. The summed E-state index contributed by atoms with van der Waals surface area (Å²) in [6.45, 7) is 9.94. The molecule has 0 bridgehead atoms. The van der Waals surface area contributed by atoms with E-state index in [1.54, 1.807) is 19.1 Å². The standard InChI is InChI=1S/C20H24ClNO2/c1-12-10-14(3)17(11-13(12)2)15(4)22-20(23)16(5)24-19-9-7-6-8-18(19)21/h6-11,15-16H,1-5H3,(H,22,23)/t15-,16-/m0/s1. The first-order valence-corrected chi connectivity index (χ1v) is 8.46. The maximum Gasteiger partial charge on any atom is 0.261 e. The fourth-order valence-corrected chi connectivity index (χ4v) is 2.82. The lowest BCUT2D eigenvalue weighted by Gasteiger charge is -2.21. The minimum atomic E-state index is -0.626. The Morgan fingerprint density at radius 2 is 1.67 bits per heavy atom. The van der Waals surface area contributed by atoms with Gasteiger partial charge in [0.25, 0.3) is 5.91 Å². The fraction of sp³-hybridized carbons (Fsp3) is 0.350. The van der Waals surface area contributed by atoms with Gasteiger partial charge in [0, 0.05) is 0 Å². The van der Waals surface area contributed by atoms with Crippen LogP contribution >= 0.6 is 11.6 Å². The maximum absolute atomic E-state index is 12.4. The highest BCUT2D eigenvalue weighted by Gasteiger charge is 2.19. The zero-order valence-electron chi connectivity index (χ0n) is 14.8. The van der Waals surface area contributed by atoms with E-state index in [2.05, 4.69) is 38.2 Å². The van der Waals surface area contributed by atoms with Crippen molar-refractivity contribution >= 4 is 17.5 Å². The van der Waals surface area contributed by atoms with Crippen molar-refractivity contribution in [1.82, 2.24) is 5.32 Å². The van der Waals surface area contributed by atoms with Gasteiger partial charge in [-0.2, -0.15) is 0 Å². The molecular weight excluding hydrogens is 322 g/mol. The first kappa shape index (κ1) is 18.3. The van der Waals surface area contributed by atoms with Crippen LogP contribution in [0.1, 0.15) is 42.1 Å². The number of hydrogen-bond acceptors (Lipinski definition) is 2. The summed E-state index contributed by atoms with van der Waals surface area (Å²) in [6.07, 6.45) is -0.626. The van der Waals surface area contributed by atoms with Gasteiger partial charge in [-0.3, -0.25) is 4.79 Å². The monoisotopic (exact) mass is 345 g/mol. The number of amides is 1. The van der Waals surface area contributed by atoms with Gasteiger partial charge in [-0.05, 0) is 69.0 Å². The molecule has 0 fully saturated rings. The number of halogens is 1.